The van der Waals surface area contributed by atoms with Gasteiger partial charge < -0.3 is 9.64 Å². The summed E-state index contributed by atoms with van der Waals surface area (Å²) in [6.07, 6.45) is 3.79. The second kappa shape index (κ2) is 6.07. The van der Waals surface area contributed by atoms with E-state index in [0.29, 0.717) is 0 Å². The molecule has 0 radical (unpaired) electrons. The van der Waals surface area contributed by atoms with Crippen molar-refractivity contribution in [3.8, 4) is 0 Å². The number of ether oxygens (including phenoxy) is 1. The predicted molar refractivity (Wildman–Crippen MR) is 84.4 cm³/mol. The molecule has 2 aliphatic rings. The fraction of sp³-hybridized carbons (Fsp3) is 0.688. The van der Waals surface area contributed by atoms with E-state index in [0.717, 1.165) is 45.3 Å². The van der Waals surface area contributed by atoms with E-state index in [1.54, 1.807) is 19.0 Å². The Balaban J connectivity index is 1.52. The molecule has 1 atom stereocenters. The number of carbonyl (C=O) groups excluding carboxylic acids is 1. The van der Waals surface area contributed by atoms with Crippen LogP contribution in [0, 0.1) is 0 Å². The number of hydrogen-bond donors (Lipinski definition) is 0. The van der Waals surface area contributed by atoms with Crippen LogP contribution in [0.5, 0.6) is 0 Å². The third kappa shape index (κ3) is 3.30. The Kier molecular flexibility index (Phi) is 4.33. The van der Waals surface area contributed by atoms with Gasteiger partial charge in [-0.05, 0) is 37.1 Å². The first-order valence-electron chi connectivity index (χ1n) is 7.72. The van der Waals surface area contributed by atoms with E-state index in [-0.39, 0.29) is 17.6 Å². The molecule has 2 saturated heterocycles. The van der Waals surface area contributed by atoms with Crippen molar-refractivity contribution in [2.24, 2.45) is 0 Å². The normalized spacial score (nSPS) is 25.3. The molecule has 0 saturated carbocycles. The lowest BCUT2D eigenvalue weighted by Crippen LogP contribution is -2.45. The Morgan fingerprint density at radius 1 is 1.43 bits per heavy atom. The van der Waals surface area contributed by atoms with Crippen molar-refractivity contribution >= 4 is 17.2 Å². The lowest BCUT2D eigenvalue weighted by Gasteiger charge is -2.39. The summed E-state index contributed by atoms with van der Waals surface area (Å²) in [7, 11) is 3.61. The van der Waals surface area contributed by atoms with Gasteiger partial charge in [0.05, 0.1) is 5.60 Å². The van der Waals surface area contributed by atoms with Crippen LogP contribution in [-0.2, 0) is 16.1 Å². The molecule has 2 fully saturated rings. The molecular weight excluding hydrogens is 284 g/mol. The second-order valence-electron chi connectivity index (χ2n) is 6.42. The molecule has 3 rings (SSSR count). The van der Waals surface area contributed by atoms with Gasteiger partial charge in [-0.2, -0.15) is 0 Å². The molecule has 1 aromatic rings. The van der Waals surface area contributed by atoms with Crippen molar-refractivity contribution in [2.45, 2.75) is 43.9 Å². The zero-order valence-electron chi connectivity index (χ0n) is 12.9. The van der Waals surface area contributed by atoms with Gasteiger partial charge in [0.15, 0.2) is 0 Å². The third-order valence-electron chi connectivity index (χ3n) is 4.70. The number of hydrogen-bond acceptors (Lipinski definition) is 4. The van der Waals surface area contributed by atoms with Crippen molar-refractivity contribution < 1.29 is 9.53 Å². The third-order valence-corrected chi connectivity index (χ3v) is 5.56. The molecule has 0 bridgehead atoms. The van der Waals surface area contributed by atoms with Gasteiger partial charge in [0, 0.05) is 38.6 Å². The second-order valence-corrected chi connectivity index (χ2v) is 7.45. The summed E-state index contributed by atoms with van der Waals surface area (Å²) < 4.78 is 6.18. The van der Waals surface area contributed by atoms with E-state index in [1.807, 2.05) is 11.3 Å². The number of piperidine rings is 1. The summed E-state index contributed by atoms with van der Waals surface area (Å²) in [4.78, 5) is 17.6. The maximum absolute atomic E-state index is 12.0. The molecule has 3 heterocycles. The average molecular weight is 308 g/mol. The van der Waals surface area contributed by atoms with Crippen LogP contribution >= 0.6 is 11.3 Å². The van der Waals surface area contributed by atoms with E-state index < -0.39 is 0 Å². The van der Waals surface area contributed by atoms with Crippen molar-refractivity contribution in [1.82, 2.24) is 9.80 Å². The number of nitrogens with zero attached hydrogens (tertiary/aromatic N) is 2. The first-order chi connectivity index (χ1) is 10.1. The largest absolute Gasteiger partial charge is 0.362 e. The predicted octanol–water partition coefficient (Wildman–Crippen LogP) is 2.35. The molecule has 2 aliphatic heterocycles. The van der Waals surface area contributed by atoms with Gasteiger partial charge in [-0.1, -0.05) is 6.07 Å². The topological polar surface area (TPSA) is 32.8 Å². The van der Waals surface area contributed by atoms with Crippen LogP contribution in [0.25, 0.3) is 0 Å². The summed E-state index contributed by atoms with van der Waals surface area (Å²) >= 11 is 1.82. The maximum Gasteiger partial charge on any atom is 0.251 e. The Morgan fingerprint density at radius 3 is 2.81 bits per heavy atom. The van der Waals surface area contributed by atoms with Crippen molar-refractivity contribution in [3.05, 3.63) is 22.4 Å². The monoisotopic (exact) mass is 308 g/mol. The van der Waals surface area contributed by atoms with Crippen LogP contribution in [-0.4, -0.2) is 54.6 Å². The van der Waals surface area contributed by atoms with Crippen molar-refractivity contribution in [3.63, 3.8) is 0 Å². The molecular formula is C16H24N2O2S. The highest BCUT2D eigenvalue weighted by Crippen LogP contribution is 2.39. The lowest BCUT2D eigenvalue weighted by molar-refractivity contribution is -0.148. The van der Waals surface area contributed by atoms with Crippen LogP contribution in [0.2, 0.25) is 0 Å². The number of likely N-dealkylation sites (tertiary alicyclic amines) is 1. The minimum absolute atomic E-state index is 0.0394. The average Bonchev–Trinajstić information content (AvgIpc) is 3.11. The van der Waals surface area contributed by atoms with Crippen LogP contribution in [0.4, 0.5) is 0 Å². The van der Waals surface area contributed by atoms with Gasteiger partial charge in [0.2, 0.25) is 0 Å². The number of thiophene rings is 1. The number of carbonyl (C=O) groups is 1. The van der Waals surface area contributed by atoms with Crippen LogP contribution in [0.3, 0.4) is 0 Å². The van der Waals surface area contributed by atoms with E-state index in [1.165, 1.54) is 4.88 Å². The Bertz CT molecular complexity index is 478. The SMILES string of the molecule is CN(C)C(=O)[C@@H]1CCC2(CCN(Cc3cccs3)CC2)O1. The van der Waals surface area contributed by atoms with Crippen LogP contribution < -0.4 is 0 Å². The highest BCUT2D eigenvalue weighted by Gasteiger charge is 2.44. The number of likely N-dealkylation sites (N-methyl/N-ethyl adjacent to an activating group) is 1. The van der Waals surface area contributed by atoms with E-state index >= 15 is 0 Å². The highest BCUT2D eigenvalue weighted by atomic mass is 32.1. The standard InChI is InChI=1S/C16H24N2O2S/c1-17(2)15(19)14-5-6-16(20-14)7-9-18(10-8-16)12-13-4-3-11-21-13/h3-4,11,14H,5-10,12H2,1-2H3/t14-/m0/s1. The Morgan fingerprint density at radius 2 is 2.19 bits per heavy atom. The summed E-state index contributed by atoms with van der Waals surface area (Å²) in [6, 6.07) is 4.32. The van der Waals surface area contributed by atoms with Crippen molar-refractivity contribution in [1.29, 1.82) is 0 Å². The summed E-state index contributed by atoms with van der Waals surface area (Å²) in [5.74, 6) is 0.118. The molecule has 5 heteroatoms. The van der Waals surface area contributed by atoms with E-state index in [4.69, 9.17) is 4.74 Å². The van der Waals surface area contributed by atoms with Gasteiger partial charge in [-0.25, -0.2) is 0 Å². The van der Waals surface area contributed by atoms with Crippen molar-refractivity contribution in [2.75, 3.05) is 27.2 Å². The first-order valence-corrected chi connectivity index (χ1v) is 8.60. The van der Waals surface area contributed by atoms with Gasteiger partial charge in [-0.3, -0.25) is 9.69 Å². The maximum atomic E-state index is 12.0. The Hall–Kier alpha value is -0.910. The Labute approximate surface area is 130 Å². The molecule has 21 heavy (non-hydrogen) atoms. The minimum atomic E-state index is -0.219. The smallest absolute Gasteiger partial charge is 0.251 e. The summed E-state index contributed by atoms with van der Waals surface area (Å²) in [5.41, 5.74) is -0.0394. The fourth-order valence-corrected chi connectivity index (χ4v) is 4.13. The molecule has 1 amide bonds. The molecule has 1 aromatic heterocycles. The first kappa shape index (κ1) is 15.0. The van der Waals surface area contributed by atoms with Gasteiger partial charge in [0.1, 0.15) is 6.10 Å². The van der Waals surface area contributed by atoms with Gasteiger partial charge in [0.25, 0.3) is 5.91 Å². The summed E-state index contributed by atoms with van der Waals surface area (Å²) in [5, 5.41) is 2.14. The van der Waals surface area contributed by atoms with E-state index in [9.17, 15) is 4.79 Å². The molecule has 0 unspecified atom stereocenters. The zero-order valence-corrected chi connectivity index (χ0v) is 13.7. The zero-order chi connectivity index (χ0) is 14.9. The van der Waals surface area contributed by atoms with Gasteiger partial charge in [-0.15, -0.1) is 11.3 Å². The minimum Gasteiger partial charge on any atom is -0.362 e. The lowest BCUT2D eigenvalue weighted by atomic mass is 9.88. The number of rotatable bonds is 3. The molecule has 0 aliphatic carbocycles. The summed E-state index contributed by atoms with van der Waals surface area (Å²) in [6.45, 7) is 3.19. The van der Waals surface area contributed by atoms with Crippen LogP contribution in [0.1, 0.15) is 30.6 Å². The quantitative estimate of drug-likeness (QED) is 0.859. The van der Waals surface area contributed by atoms with Crippen LogP contribution in [0.15, 0.2) is 17.5 Å². The van der Waals surface area contributed by atoms with E-state index in [2.05, 4.69) is 22.4 Å². The number of amides is 1. The van der Waals surface area contributed by atoms with Gasteiger partial charge >= 0.3 is 0 Å². The molecule has 0 N–H and O–H groups in total. The molecule has 1 spiro atoms. The fourth-order valence-electron chi connectivity index (χ4n) is 3.39. The highest BCUT2D eigenvalue weighted by molar-refractivity contribution is 7.09. The molecule has 116 valence electrons. The molecule has 0 aromatic carbocycles. The molecule has 4 nitrogen and oxygen atoms in total.